The highest BCUT2D eigenvalue weighted by Crippen LogP contribution is 2.22. The molecule has 5 nitrogen and oxygen atoms in total. The summed E-state index contributed by atoms with van der Waals surface area (Å²) in [5.41, 5.74) is 2.86. The number of thioether (sulfide) groups is 1. The van der Waals surface area contributed by atoms with Gasteiger partial charge in [0.25, 0.3) is 0 Å². The number of carbonyl (C=O) groups is 2. The van der Waals surface area contributed by atoms with Gasteiger partial charge in [0.1, 0.15) is 17.6 Å². The molecule has 3 aromatic carbocycles. The van der Waals surface area contributed by atoms with Gasteiger partial charge in [0.15, 0.2) is 0 Å². The number of hydrogen-bond donors (Lipinski definition) is 1. The average Bonchev–Trinajstić information content (AvgIpc) is 3.45. The molecule has 1 aliphatic carbocycles. The molecule has 4 rings (SSSR count). The van der Waals surface area contributed by atoms with Crippen LogP contribution in [0.2, 0.25) is 0 Å². The van der Waals surface area contributed by atoms with Crippen LogP contribution in [0.15, 0.2) is 78.9 Å². The van der Waals surface area contributed by atoms with E-state index < -0.39 is 6.04 Å². The van der Waals surface area contributed by atoms with Gasteiger partial charge in [-0.15, -0.1) is 11.8 Å². The number of ether oxygens (including phenoxy) is 1. The molecule has 38 heavy (non-hydrogen) atoms. The highest BCUT2D eigenvalue weighted by atomic mass is 32.2. The number of amides is 2. The molecule has 0 bridgehead atoms. The number of benzene rings is 3. The third-order valence-corrected chi connectivity index (χ3v) is 7.88. The molecule has 3 aromatic rings. The molecule has 1 unspecified atom stereocenters. The number of nitrogens with zero attached hydrogens (tertiary/aromatic N) is 1. The van der Waals surface area contributed by atoms with Gasteiger partial charge in [0.2, 0.25) is 11.8 Å². The lowest BCUT2D eigenvalue weighted by molar-refractivity contribution is -0.139. The molecule has 0 aliphatic heterocycles. The standard InChI is InChI=1S/C31H35FN2O3S/c1-37-28-17-13-25(14-18-28)21-38-22-30(35)34(20-24-11-15-26(32)16-12-24)29(19-23-7-3-2-4-8-23)31(36)33-27-9-5-6-10-27/h2-4,7-8,11-18,27,29H,5-6,9-10,19-22H2,1H3,(H,33,36). The van der Waals surface area contributed by atoms with E-state index in [1.807, 2.05) is 54.6 Å². The van der Waals surface area contributed by atoms with Crippen LogP contribution >= 0.6 is 11.8 Å². The van der Waals surface area contributed by atoms with E-state index in [0.29, 0.717) is 12.2 Å². The summed E-state index contributed by atoms with van der Waals surface area (Å²) in [6.07, 6.45) is 4.55. The van der Waals surface area contributed by atoms with Crippen LogP contribution in [0.1, 0.15) is 42.4 Å². The van der Waals surface area contributed by atoms with E-state index in [0.717, 1.165) is 48.1 Å². The summed E-state index contributed by atoms with van der Waals surface area (Å²) in [6, 6.07) is 23.2. The molecule has 7 heteroatoms. The van der Waals surface area contributed by atoms with Crippen molar-refractivity contribution in [1.29, 1.82) is 0 Å². The average molecular weight is 535 g/mol. The Morgan fingerprint density at radius 3 is 2.26 bits per heavy atom. The van der Waals surface area contributed by atoms with Crippen LogP contribution in [0.3, 0.4) is 0 Å². The molecule has 1 atom stereocenters. The van der Waals surface area contributed by atoms with Crippen molar-refractivity contribution >= 4 is 23.6 Å². The van der Waals surface area contributed by atoms with E-state index >= 15 is 0 Å². The normalized spacial score (nSPS) is 14.2. The van der Waals surface area contributed by atoms with Crippen molar-refractivity contribution in [2.45, 2.75) is 56.5 Å². The van der Waals surface area contributed by atoms with Crippen LogP contribution in [0.25, 0.3) is 0 Å². The van der Waals surface area contributed by atoms with Gasteiger partial charge in [-0.1, -0.05) is 67.4 Å². The Labute approximate surface area is 228 Å². The largest absolute Gasteiger partial charge is 0.497 e. The van der Waals surface area contributed by atoms with Crippen LogP contribution in [-0.4, -0.2) is 41.7 Å². The maximum Gasteiger partial charge on any atom is 0.243 e. The fourth-order valence-electron chi connectivity index (χ4n) is 4.77. The maximum absolute atomic E-state index is 13.7. The van der Waals surface area contributed by atoms with Crippen molar-refractivity contribution in [3.05, 3.63) is 101 Å². The van der Waals surface area contributed by atoms with Crippen molar-refractivity contribution < 1.29 is 18.7 Å². The van der Waals surface area contributed by atoms with E-state index in [2.05, 4.69) is 5.32 Å². The number of rotatable bonds is 12. The molecule has 1 fully saturated rings. The zero-order valence-corrected chi connectivity index (χ0v) is 22.6. The van der Waals surface area contributed by atoms with E-state index in [4.69, 9.17) is 4.74 Å². The fourth-order valence-corrected chi connectivity index (χ4v) is 5.64. The number of halogens is 1. The Hall–Kier alpha value is -3.32. The van der Waals surface area contributed by atoms with Gasteiger partial charge < -0.3 is 15.0 Å². The third kappa shape index (κ3) is 8.09. The molecular formula is C31H35FN2O3S. The summed E-state index contributed by atoms with van der Waals surface area (Å²) in [5.74, 6) is 1.11. The van der Waals surface area contributed by atoms with Crippen molar-refractivity contribution in [2.75, 3.05) is 12.9 Å². The molecule has 1 saturated carbocycles. The van der Waals surface area contributed by atoms with Gasteiger partial charge in [-0.05, 0) is 53.8 Å². The number of methoxy groups -OCH3 is 1. The van der Waals surface area contributed by atoms with E-state index in [9.17, 15) is 14.0 Å². The number of nitrogens with one attached hydrogen (secondary N) is 1. The molecule has 0 heterocycles. The third-order valence-electron chi connectivity index (χ3n) is 6.89. The van der Waals surface area contributed by atoms with Gasteiger partial charge in [-0.3, -0.25) is 9.59 Å². The molecule has 2 amide bonds. The molecule has 0 aromatic heterocycles. The van der Waals surface area contributed by atoms with Gasteiger partial charge in [-0.25, -0.2) is 4.39 Å². The predicted octanol–water partition coefficient (Wildman–Crippen LogP) is 5.77. The molecule has 1 N–H and O–H groups in total. The van der Waals surface area contributed by atoms with Gasteiger partial charge in [0.05, 0.1) is 12.9 Å². The lowest BCUT2D eigenvalue weighted by Gasteiger charge is -2.32. The van der Waals surface area contributed by atoms with Gasteiger partial charge in [0, 0.05) is 24.8 Å². The first-order valence-electron chi connectivity index (χ1n) is 13.1. The first-order valence-corrected chi connectivity index (χ1v) is 14.3. The molecule has 0 saturated heterocycles. The Morgan fingerprint density at radius 1 is 0.947 bits per heavy atom. The zero-order valence-electron chi connectivity index (χ0n) is 21.8. The van der Waals surface area contributed by atoms with Crippen LogP contribution in [-0.2, 0) is 28.3 Å². The summed E-state index contributed by atoms with van der Waals surface area (Å²) in [5, 5.41) is 3.21. The summed E-state index contributed by atoms with van der Waals surface area (Å²) in [6.45, 7) is 0.234. The van der Waals surface area contributed by atoms with E-state index in [1.54, 1.807) is 24.1 Å². The number of carbonyl (C=O) groups excluding carboxylic acids is 2. The minimum Gasteiger partial charge on any atom is -0.497 e. The fraction of sp³-hybridized carbons (Fsp3) is 0.355. The quantitative estimate of drug-likeness (QED) is 0.321. The molecule has 1 aliphatic rings. The van der Waals surface area contributed by atoms with Crippen molar-refractivity contribution in [3.8, 4) is 5.75 Å². The van der Waals surface area contributed by atoms with Gasteiger partial charge in [-0.2, -0.15) is 0 Å². The second kappa shape index (κ2) is 14.0. The zero-order chi connectivity index (χ0) is 26.7. The van der Waals surface area contributed by atoms with Crippen LogP contribution in [0.5, 0.6) is 5.75 Å². The SMILES string of the molecule is COc1ccc(CSCC(=O)N(Cc2ccc(F)cc2)C(Cc2ccccc2)C(=O)NC2CCCC2)cc1. The molecular weight excluding hydrogens is 499 g/mol. The molecule has 0 spiro atoms. The summed E-state index contributed by atoms with van der Waals surface area (Å²) >= 11 is 1.51. The van der Waals surface area contributed by atoms with Crippen molar-refractivity contribution in [2.24, 2.45) is 0 Å². The highest BCUT2D eigenvalue weighted by Gasteiger charge is 2.32. The Morgan fingerprint density at radius 2 is 1.61 bits per heavy atom. The second-order valence-corrected chi connectivity index (χ2v) is 10.7. The maximum atomic E-state index is 13.7. The Kier molecular flexibility index (Phi) is 10.2. The Bertz CT molecular complexity index is 1170. The first-order chi connectivity index (χ1) is 18.5. The summed E-state index contributed by atoms with van der Waals surface area (Å²) in [7, 11) is 1.63. The first kappa shape index (κ1) is 27.7. The van der Waals surface area contributed by atoms with E-state index in [1.165, 1.54) is 23.9 Å². The molecule has 200 valence electrons. The minimum atomic E-state index is -0.669. The smallest absolute Gasteiger partial charge is 0.243 e. The van der Waals surface area contributed by atoms with Crippen molar-refractivity contribution in [1.82, 2.24) is 10.2 Å². The van der Waals surface area contributed by atoms with Crippen LogP contribution in [0, 0.1) is 5.82 Å². The highest BCUT2D eigenvalue weighted by molar-refractivity contribution is 7.99. The summed E-state index contributed by atoms with van der Waals surface area (Å²) in [4.78, 5) is 29.0. The number of hydrogen-bond acceptors (Lipinski definition) is 4. The predicted molar refractivity (Wildman–Crippen MR) is 150 cm³/mol. The minimum absolute atomic E-state index is 0.115. The van der Waals surface area contributed by atoms with Crippen molar-refractivity contribution in [3.63, 3.8) is 0 Å². The lowest BCUT2D eigenvalue weighted by atomic mass is 10.0. The van der Waals surface area contributed by atoms with E-state index in [-0.39, 0.29) is 36.0 Å². The summed E-state index contributed by atoms with van der Waals surface area (Å²) < 4.78 is 18.8. The van der Waals surface area contributed by atoms with Gasteiger partial charge >= 0.3 is 0 Å². The Balaban J connectivity index is 1.54. The monoisotopic (exact) mass is 534 g/mol. The molecule has 0 radical (unpaired) electrons. The van der Waals surface area contributed by atoms with Crippen LogP contribution in [0.4, 0.5) is 4.39 Å². The topological polar surface area (TPSA) is 58.6 Å². The van der Waals surface area contributed by atoms with Crippen LogP contribution < -0.4 is 10.1 Å². The second-order valence-electron chi connectivity index (χ2n) is 9.68. The lowest BCUT2D eigenvalue weighted by Crippen LogP contribution is -2.52.